The van der Waals surface area contributed by atoms with Gasteiger partial charge < -0.3 is 10.4 Å². The van der Waals surface area contributed by atoms with Crippen LogP contribution in [0.5, 0.6) is 0 Å². The first-order valence-electron chi connectivity index (χ1n) is 7.41. The van der Waals surface area contributed by atoms with E-state index < -0.39 is 11.9 Å². The van der Waals surface area contributed by atoms with Crippen molar-refractivity contribution in [2.75, 3.05) is 5.32 Å². The van der Waals surface area contributed by atoms with Gasteiger partial charge in [0.15, 0.2) is 0 Å². The zero-order valence-corrected chi connectivity index (χ0v) is 13.2. The third-order valence-electron chi connectivity index (χ3n) is 3.36. The quantitative estimate of drug-likeness (QED) is 0.765. The lowest BCUT2D eigenvalue weighted by molar-refractivity contribution is 0.0695. The molecule has 0 atom stereocenters. The van der Waals surface area contributed by atoms with Gasteiger partial charge in [0.2, 0.25) is 0 Å². The monoisotopic (exact) mass is 322 g/mol. The molecule has 1 aromatic heterocycles. The molecule has 24 heavy (non-hydrogen) atoms. The molecule has 0 bridgehead atoms. The fraction of sp³-hybridized carbons (Fsp3) is 0.105. The third-order valence-corrected chi connectivity index (χ3v) is 3.36. The number of nitrogens with zero attached hydrogens (tertiary/aromatic N) is 1. The number of allylic oxidation sites excluding steroid dienone is 2. The fourth-order valence-corrected chi connectivity index (χ4v) is 2.28. The number of pyridine rings is 1. The zero-order valence-electron chi connectivity index (χ0n) is 13.2. The molecule has 1 aromatic carbocycles. The number of carboxylic acids is 1. The molecule has 5 nitrogen and oxygen atoms in total. The average molecular weight is 322 g/mol. The molecule has 0 saturated heterocycles. The first-order chi connectivity index (χ1) is 11.6. The number of carboxylic acid groups (broad SMARTS) is 1. The van der Waals surface area contributed by atoms with E-state index in [1.807, 2.05) is 6.07 Å². The minimum absolute atomic E-state index is 0.000855. The second-order valence-corrected chi connectivity index (χ2v) is 5.09. The van der Waals surface area contributed by atoms with Crippen LogP contribution in [0.1, 0.15) is 32.1 Å². The Morgan fingerprint density at radius 3 is 2.17 bits per heavy atom. The molecule has 2 rings (SSSR count). The van der Waals surface area contributed by atoms with E-state index in [0.717, 1.165) is 0 Å². The number of hydrogen-bond donors (Lipinski definition) is 2. The van der Waals surface area contributed by atoms with E-state index in [1.54, 1.807) is 36.4 Å². The van der Waals surface area contributed by atoms with E-state index in [0.29, 0.717) is 29.9 Å². The maximum absolute atomic E-state index is 12.6. The topological polar surface area (TPSA) is 79.3 Å². The molecule has 2 aromatic rings. The minimum Gasteiger partial charge on any atom is -0.478 e. The molecule has 122 valence electrons. The third kappa shape index (κ3) is 3.95. The summed E-state index contributed by atoms with van der Waals surface area (Å²) in [5, 5.41) is 12.1. The van der Waals surface area contributed by atoms with Crippen LogP contribution >= 0.6 is 0 Å². The van der Waals surface area contributed by atoms with Crippen LogP contribution in [0.2, 0.25) is 0 Å². The van der Waals surface area contributed by atoms with Gasteiger partial charge >= 0.3 is 5.97 Å². The van der Waals surface area contributed by atoms with Gasteiger partial charge in [-0.05, 0) is 18.2 Å². The number of aromatic nitrogens is 1. The van der Waals surface area contributed by atoms with Crippen LogP contribution in [0, 0.1) is 0 Å². The number of benzene rings is 1. The summed E-state index contributed by atoms with van der Waals surface area (Å²) in [6.45, 7) is 7.28. The summed E-state index contributed by atoms with van der Waals surface area (Å²) in [5.74, 6) is -1.53. The van der Waals surface area contributed by atoms with Gasteiger partial charge in [-0.2, -0.15) is 0 Å². The van der Waals surface area contributed by atoms with E-state index in [2.05, 4.69) is 23.5 Å². The standard InChI is InChI=1S/C19H18N2O3/c1-3-8-16-14(18(22)20-13-10-6-5-7-11-13)12-15(19(23)24)17(21-16)9-4-2/h3-7,10-12H,1-2,8-9H2,(H,20,22)(H,23,24). The number of nitrogens with one attached hydrogen (secondary N) is 1. The molecule has 0 radical (unpaired) electrons. The van der Waals surface area contributed by atoms with Crippen LogP contribution in [0.4, 0.5) is 5.69 Å². The predicted molar refractivity (Wildman–Crippen MR) is 93.4 cm³/mol. The highest BCUT2D eigenvalue weighted by Crippen LogP contribution is 2.18. The lowest BCUT2D eigenvalue weighted by Gasteiger charge is -2.12. The van der Waals surface area contributed by atoms with Crippen LogP contribution in [0.15, 0.2) is 61.7 Å². The Labute approximate surface area is 140 Å². The van der Waals surface area contributed by atoms with Crippen molar-refractivity contribution in [3.63, 3.8) is 0 Å². The Bertz CT molecular complexity index is 783. The molecule has 5 heteroatoms. The van der Waals surface area contributed by atoms with Gasteiger partial charge in [0.1, 0.15) is 0 Å². The number of hydrogen-bond acceptors (Lipinski definition) is 3. The molecule has 1 heterocycles. The molecular formula is C19H18N2O3. The maximum Gasteiger partial charge on any atom is 0.337 e. The first kappa shape index (κ1) is 17.1. The number of rotatable bonds is 7. The minimum atomic E-state index is -1.13. The van der Waals surface area contributed by atoms with Gasteiger partial charge in [-0.15, -0.1) is 13.2 Å². The van der Waals surface area contributed by atoms with Crippen molar-refractivity contribution in [2.24, 2.45) is 0 Å². The number of carbonyl (C=O) groups is 2. The maximum atomic E-state index is 12.6. The van der Waals surface area contributed by atoms with Crippen LogP contribution in [0.25, 0.3) is 0 Å². The van der Waals surface area contributed by atoms with Crippen molar-refractivity contribution in [3.8, 4) is 0 Å². The summed E-state index contributed by atoms with van der Waals surface area (Å²) < 4.78 is 0. The molecule has 0 spiro atoms. The highest BCUT2D eigenvalue weighted by atomic mass is 16.4. The summed E-state index contributed by atoms with van der Waals surface area (Å²) in [4.78, 5) is 28.4. The molecular weight excluding hydrogens is 304 g/mol. The summed E-state index contributed by atoms with van der Waals surface area (Å²) in [7, 11) is 0. The highest BCUT2D eigenvalue weighted by molar-refractivity contribution is 6.06. The summed E-state index contributed by atoms with van der Waals surface area (Å²) >= 11 is 0. The SMILES string of the molecule is C=CCc1nc(CC=C)c(C(=O)Nc2ccccc2)cc1C(=O)O. The lowest BCUT2D eigenvalue weighted by atomic mass is 10.0. The Morgan fingerprint density at radius 2 is 1.62 bits per heavy atom. The first-order valence-corrected chi connectivity index (χ1v) is 7.41. The van der Waals surface area contributed by atoms with Crippen molar-refractivity contribution in [3.05, 3.63) is 84.2 Å². The van der Waals surface area contributed by atoms with Crippen molar-refractivity contribution < 1.29 is 14.7 Å². The van der Waals surface area contributed by atoms with E-state index in [4.69, 9.17) is 0 Å². The molecule has 2 N–H and O–H groups in total. The van der Waals surface area contributed by atoms with E-state index in [1.165, 1.54) is 6.07 Å². The number of anilines is 1. The Morgan fingerprint density at radius 1 is 1.04 bits per heavy atom. The predicted octanol–water partition coefficient (Wildman–Crippen LogP) is 3.49. The number of carbonyl (C=O) groups excluding carboxylic acids is 1. The van der Waals surface area contributed by atoms with Gasteiger partial charge in [-0.1, -0.05) is 30.4 Å². The Kier molecular flexibility index (Phi) is 5.63. The summed E-state index contributed by atoms with van der Waals surface area (Å²) in [5.41, 5.74) is 1.72. The molecule has 0 aliphatic rings. The molecule has 1 amide bonds. The largest absolute Gasteiger partial charge is 0.478 e. The normalized spacial score (nSPS) is 10.0. The Hall–Kier alpha value is -3.21. The van der Waals surface area contributed by atoms with Gasteiger partial charge in [-0.25, -0.2) is 4.79 Å². The fourth-order valence-electron chi connectivity index (χ4n) is 2.28. The van der Waals surface area contributed by atoms with Gasteiger partial charge in [0, 0.05) is 18.5 Å². The molecule has 0 fully saturated rings. The van der Waals surface area contributed by atoms with Crippen molar-refractivity contribution in [1.29, 1.82) is 0 Å². The summed E-state index contributed by atoms with van der Waals surface area (Å²) in [6, 6.07) is 10.3. The lowest BCUT2D eigenvalue weighted by Crippen LogP contribution is -2.18. The van der Waals surface area contributed by atoms with Crippen LogP contribution in [0.3, 0.4) is 0 Å². The van der Waals surface area contributed by atoms with Crippen LogP contribution in [-0.2, 0) is 12.8 Å². The van der Waals surface area contributed by atoms with Gasteiger partial charge in [0.05, 0.1) is 22.5 Å². The zero-order chi connectivity index (χ0) is 17.5. The highest BCUT2D eigenvalue weighted by Gasteiger charge is 2.19. The number of aromatic carboxylic acids is 1. The molecule has 0 aliphatic heterocycles. The molecule has 0 saturated carbocycles. The van der Waals surface area contributed by atoms with E-state index in [9.17, 15) is 14.7 Å². The smallest absolute Gasteiger partial charge is 0.337 e. The van der Waals surface area contributed by atoms with Gasteiger partial charge in [-0.3, -0.25) is 9.78 Å². The van der Waals surface area contributed by atoms with Gasteiger partial charge in [0.25, 0.3) is 5.91 Å². The number of amides is 1. The molecule has 0 aliphatic carbocycles. The number of para-hydroxylation sites is 1. The average Bonchev–Trinajstić information content (AvgIpc) is 2.56. The van der Waals surface area contributed by atoms with E-state index >= 15 is 0 Å². The second-order valence-electron chi connectivity index (χ2n) is 5.09. The van der Waals surface area contributed by atoms with Crippen molar-refractivity contribution >= 4 is 17.6 Å². The van der Waals surface area contributed by atoms with E-state index in [-0.39, 0.29) is 11.1 Å². The second kappa shape index (κ2) is 7.87. The van der Waals surface area contributed by atoms with Crippen molar-refractivity contribution in [1.82, 2.24) is 4.98 Å². The van der Waals surface area contributed by atoms with Crippen LogP contribution < -0.4 is 5.32 Å². The summed E-state index contributed by atoms with van der Waals surface area (Å²) in [6.07, 6.45) is 3.88. The van der Waals surface area contributed by atoms with Crippen molar-refractivity contribution in [2.45, 2.75) is 12.8 Å². The molecule has 0 unspecified atom stereocenters. The van der Waals surface area contributed by atoms with Crippen LogP contribution in [-0.4, -0.2) is 22.0 Å². The Balaban J connectivity index is 2.47.